The maximum Gasteiger partial charge on any atom is 0.331 e. The Morgan fingerprint density at radius 3 is 2.50 bits per heavy atom. The van der Waals surface area contributed by atoms with E-state index in [9.17, 15) is 19.2 Å². The summed E-state index contributed by atoms with van der Waals surface area (Å²) >= 11 is 0. The zero-order valence-corrected chi connectivity index (χ0v) is 12.2. The standard InChI is InChI=1S/C14H18N4O4/c1-9-2-3-10(8-11(9)19)18(13(21)12(15)20)14(22)17-6-4-16-5-7-17/h2-3,8-9,16H,4-7H2,1H3,(H2,15,20). The zero-order valence-electron chi connectivity index (χ0n) is 12.2. The van der Waals surface area contributed by atoms with Crippen LogP contribution >= 0.6 is 0 Å². The monoisotopic (exact) mass is 306 g/mol. The highest BCUT2D eigenvalue weighted by molar-refractivity contribution is 6.37. The second kappa shape index (κ2) is 6.52. The van der Waals surface area contributed by atoms with Crippen molar-refractivity contribution in [1.29, 1.82) is 0 Å². The number of nitrogens with zero attached hydrogens (tertiary/aromatic N) is 2. The molecular formula is C14H18N4O4. The molecule has 2 aliphatic rings. The lowest BCUT2D eigenvalue weighted by atomic mass is 9.99. The molecule has 1 aliphatic carbocycles. The Morgan fingerprint density at radius 2 is 1.95 bits per heavy atom. The van der Waals surface area contributed by atoms with E-state index >= 15 is 0 Å². The van der Waals surface area contributed by atoms with Crippen molar-refractivity contribution in [3.8, 4) is 0 Å². The van der Waals surface area contributed by atoms with Crippen LogP contribution in [0.3, 0.4) is 0 Å². The first-order chi connectivity index (χ1) is 10.4. The summed E-state index contributed by atoms with van der Waals surface area (Å²) in [5, 5.41) is 3.08. The molecule has 1 heterocycles. The van der Waals surface area contributed by atoms with E-state index in [1.54, 1.807) is 13.0 Å². The molecular weight excluding hydrogens is 288 g/mol. The molecule has 2 rings (SSSR count). The lowest BCUT2D eigenvalue weighted by Gasteiger charge is -2.32. The van der Waals surface area contributed by atoms with Gasteiger partial charge in [-0.1, -0.05) is 13.0 Å². The molecule has 118 valence electrons. The highest BCUT2D eigenvalue weighted by Gasteiger charge is 2.33. The van der Waals surface area contributed by atoms with Crippen LogP contribution in [0.5, 0.6) is 0 Å². The third-order valence-electron chi connectivity index (χ3n) is 3.55. The lowest BCUT2D eigenvalue weighted by Crippen LogP contribution is -2.54. The summed E-state index contributed by atoms with van der Waals surface area (Å²) in [5.74, 6) is -2.97. The number of urea groups is 1. The number of nitrogens with one attached hydrogen (secondary N) is 1. The van der Waals surface area contributed by atoms with Crippen molar-refractivity contribution in [2.24, 2.45) is 11.7 Å². The van der Waals surface area contributed by atoms with Crippen LogP contribution in [0.15, 0.2) is 23.9 Å². The SMILES string of the molecule is CC1C=CC(N(C(=O)C(N)=O)C(=O)N2CCNCC2)=CC1=O. The molecule has 22 heavy (non-hydrogen) atoms. The molecule has 4 amide bonds. The Kier molecular flexibility index (Phi) is 4.71. The molecule has 1 aliphatic heterocycles. The van der Waals surface area contributed by atoms with E-state index in [2.05, 4.69) is 5.32 Å². The van der Waals surface area contributed by atoms with Gasteiger partial charge in [-0.15, -0.1) is 0 Å². The molecule has 1 unspecified atom stereocenters. The van der Waals surface area contributed by atoms with Crippen LogP contribution in [0.2, 0.25) is 0 Å². The summed E-state index contributed by atoms with van der Waals surface area (Å²) in [6, 6.07) is -0.649. The molecule has 1 fully saturated rings. The van der Waals surface area contributed by atoms with Gasteiger partial charge in [-0.3, -0.25) is 14.4 Å². The molecule has 0 saturated carbocycles. The molecule has 1 atom stereocenters. The predicted molar refractivity (Wildman–Crippen MR) is 77.3 cm³/mol. The van der Waals surface area contributed by atoms with E-state index < -0.39 is 17.8 Å². The summed E-state index contributed by atoms with van der Waals surface area (Å²) in [4.78, 5) is 49.7. The Labute approximate surface area is 127 Å². The van der Waals surface area contributed by atoms with E-state index in [1.807, 2.05) is 0 Å². The summed E-state index contributed by atoms with van der Waals surface area (Å²) in [7, 11) is 0. The molecule has 0 aromatic carbocycles. The molecule has 8 heteroatoms. The molecule has 1 saturated heterocycles. The lowest BCUT2D eigenvalue weighted by molar-refractivity contribution is -0.141. The van der Waals surface area contributed by atoms with Gasteiger partial charge in [-0.2, -0.15) is 0 Å². The fourth-order valence-electron chi connectivity index (χ4n) is 2.22. The van der Waals surface area contributed by atoms with Gasteiger partial charge in [0.25, 0.3) is 0 Å². The van der Waals surface area contributed by atoms with Crippen LogP contribution in [-0.2, 0) is 14.4 Å². The molecule has 0 radical (unpaired) electrons. The van der Waals surface area contributed by atoms with Gasteiger partial charge in [0, 0.05) is 38.2 Å². The maximum atomic E-state index is 12.5. The normalized spacial score (nSPS) is 21.3. The van der Waals surface area contributed by atoms with Crippen LogP contribution in [0, 0.1) is 5.92 Å². The van der Waals surface area contributed by atoms with E-state index in [4.69, 9.17) is 5.73 Å². The van der Waals surface area contributed by atoms with Gasteiger partial charge < -0.3 is 16.0 Å². The van der Waals surface area contributed by atoms with Gasteiger partial charge in [0.15, 0.2) is 5.78 Å². The van der Waals surface area contributed by atoms with Gasteiger partial charge in [0.05, 0.1) is 5.70 Å². The van der Waals surface area contributed by atoms with Crippen molar-refractivity contribution in [2.45, 2.75) is 6.92 Å². The number of primary amides is 1. The average Bonchev–Trinajstić information content (AvgIpc) is 2.51. The first-order valence-corrected chi connectivity index (χ1v) is 6.99. The highest BCUT2D eigenvalue weighted by atomic mass is 16.2. The summed E-state index contributed by atoms with van der Waals surface area (Å²) in [6.07, 6.45) is 4.24. The van der Waals surface area contributed by atoms with E-state index in [-0.39, 0.29) is 17.4 Å². The van der Waals surface area contributed by atoms with Gasteiger partial charge in [-0.25, -0.2) is 9.69 Å². The number of nitrogens with two attached hydrogens (primary N) is 1. The van der Waals surface area contributed by atoms with Crippen molar-refractivity contribution in [3.05, 3.63) is 23.9 Å². The molecule has 0 aromatic heterocycles. The second-order valence-electron chi connectivity index (χ2n) is 5.14. The number of hydrogen-bond donors (Lipinski definition) is 2. The fraction of sp³-hybridized carbons (Fsp3) is 0.429. The van der Waals surface area contributed by atoms with Crippen LogP contribution in [0.1, 0.15) is 6.92 Å². The number of piperazine rings is 1. The molecule has 0 aromatic rings. The van der Waals surface area contributed by atoms with Crippen LogP contribution < -0.4 is 11.1 Å². The van der Waals surface area contributed by atoms with Crippen molar-refractivity contribution in [1.82, 2.24) is 15.1 Å². The quantitative estimate of drug-likeness (QED) is 0.602. The van der Waals surface area contributed by atoms with Gasteiger partial charge in [0.1, 0.15) is 0 Å². The first kappa shape index (κ1) is 15.9. The Hall–Kier alpha value is -2.48. The number of carbonyl (C=O) groups is 4. The first-order valence-electron chi connectivity index (χ1n) is 6.99. The number of amides is 4. The predicted octanol–water partition coefficient (Wildman–Crippen LogP) is -1.02. The van der Waals surface area contributed by atoms with Crippen molar-refractivity contribution < 1.29 is 19.2 Å². The fourth-order valence-corrected chi connectivity index (χ4v) is 2.22. The number of allylic oxidation sites excluding steroid dienone is 3. The Balaban J connectivity index is 2.31. The summed E-state index contributed by atoms with van der Waals surface area (Å²) in [5.41, 5.74) is 5.09. The van der Waals surface area contributed by atoms with Gasteiger partial charge in [0.2, 0.25) is 0 Å². The number of rotatable bonds is 1. The van der Waals surface area contributed by atoms with Crippen molar-refractivity contribution in [2.75, 3.05) is 26.2 Å². The minimum absolute atomic E-state index is 0.0652. The molecule has 3 N–H and O–H groups in total. The van der Waals surface area contributed by atoms with Gasteiger partial charge >= 0.3 is 17.8 Å². The number of hydrogen-bond acceptors (Lipinski definition) is 5. The topological polar surface area (TPSA) is 113 Å². The molecule has 0 spiro atoms. The van der Waals surface area contributed by atoms with Crippen molar-refractivity contribution >= 4 is 23.6 Å². The highest BCUT2D eigenvalue weighted by Crippen LogP contribution is 2.18. The van der Waals surface area contributed by atoms with E-state index in [1.165, 1.54) is 17.1 Å². The second-order valence-corrected chi connectivity index (χ2v) is 5.14. The maximum absolute atomic E-state index is 12.5. The van der Waals surface area contributed by atoms with E-state index in [0.717, 1.165) is 0 Å². The largest absolute Gasteiger partial charge is 0.361 e. The smallest absolute Gasteiger partial charge is 0.331 e. The van der Waals surface area contributed by atoms with Crippen molar-refractivity contribution in [3.63, 3.8) is 0 Å². The Bertz CT molecular complexity index is 575. The van der Waals surface area contributed by atoms with E-state index in [0.29, 0.717) is 31.1 Å². The number of imide groups is 1. The van der Waals surface area contributed by atoms with Gasteiger partial charge in [-0.05, 0) is 6.08 Å². The summed E-state index contributed by atoms with van der Waals surface area (Å²) in [6.45, 7) is 3.69. The van der Waals surface area contributed by atoms with Crippen LogP contribution in [-0.4, -0.2) is 59.6 Å². The molecule has 0 bridgehead atoms. The zero-order chi connectivity index (χ0) is 16.3. The number of ketones is 1. The molecule has 8 nitrogen and oxygen atoms in total. The minimum Gasteiger partial charge on any atom is -0.361 e. The third-order valence-corrected chi connectivity index (χ3v) is 3.55. The average molecular weight is 306 g/mol. The summed E-state index contributed by atoms with van der Waals surface area (Å²) < 4.78 is 0. The minimum atomic E-state index is -1.25. The third kappa shape index (κ3) is 3.22. The van der Waals surface area contributed by atoms with Crippen LogP contribution in [0.25, 0.3) is 0 Å². The Morgan fingerprint density at radius 1 is 1.32 bits per heavy atom. The van der Waals surface area contributed by atoms with Crippen LogP contribution in [0.4, 0.5) is 4.79 Å². The number of carbonyl (C=O) groups excluding carboxylic acids is 4.